The van der Waals surface area contributed by atoms with Crippen molar-refractivity contribution in [1.82, 2.24) is 9.97 Å². The highest BCUT2D eigenvalue weighted by Gasteiger charge is 2.32. The third-order valence-corrected chi connectivity index (χ3v) is 6.10. The number of nitrogens with one attached hydrogen (secondary N) is 1. The lowest BCUT2D eigenvalue weighted by Crippen LogP contribution is -2.19. The molecule has 2 aromatic carbocycles. The second-order valence-corrected chi connectivity index (χ2v) is 8.73. The van der Waals surface area contributed by atoms with Gasteiger partial charge in [-0.2, -0.15) is 26.3 Å². The molecule has 2 aromatic heterocycles. The highest BCUT2D eigenvalue weighted by atomic mass is 35.5. The number of fused-ring (bicyclic) bond motifs is 2. The van der Waals surface area contributed by atoms with E-state index in [9.17, 15) is 40.7 Å². The van der Waals surface area contributed by atoms with E-state index in [0.717, 1.165) is 30.3 Å². The zero-order valence-electron chi connectivity index (χ0n) is 20.8. The molecule has 0 saturated heterocycles. The summed E-state index contributed by atoms with van der Waals surface area (Å²) in [4.78, 5) is 40.3. The summed E-state index contributed by atoms with van der Waals surface area (Å²) in [5, 5.41) is 9.42. The topological polar surface area (TPSA) is 109 Å². The zero-order valence-corrected chi connectivity index (χ0v) is 21.6. The molecule has 0 unspecified atom stereocenters. The van der Waals surface area contributed by atoms with Crippen molar-refractivity contribution in [3.63, 3.8) is 0 Å². The molecule has 14 heteroatoms. The number of halogens is 7. The number of carbonyl (C=O) groups is 2. The molecule has 0 aliphatic heterocycles. The van der Waals surface area contributed by atoms with Gasteiger partial charge in [-0.3, -0.25) is 4.79 Å². The maximum atomic E-state index is 12.7. The summed E-state index contributed by atoms with van der Waals surface area (Å²) in [6, 6.07) is 5.91. The van der Waals surface area contributed by atoms with E-state index in [2.05, 4.69) is 9.97 Å². The van der Waals surface area contributed by atoms with Crippen LogP contribution < -0.4 is 5.56 Å². The van der Waals surface area contributed by atoms with Crippen molar-refractivity contribution in [3.8, 4) is 0 Å². The lowest BCUT2D eigenvalue weighted by Gasteiger charge is -2.12. The number of aromatic amines is 1. The summed E-state index contributed by atoms with van der Waals surface area (Å²) in [5.74, 6) is -2.06. The van der Waals surface area contributed by atoms with Crippen molar-refractivity contribution in [2.24, 2.45) is 0 Å². The van der Waals surface area contributed by atoms with Crippen molar-refractivity contribution in [2.45, 2.75) is 33.1 Å². The smallest absolute Gasteiger partial charge is 0.416 e. The van der Waals surface area contributed by atoms with Gasteiger partial charge in [-0.05, 0) is 56.2 Å². The number of alkyl halides is 6. The largest absolute Gasteiger partial charge is 0.477 e. The summed E-state index contributed by atoms with van der Waals surface area (Å²) in [6.45, 7) is 4.79. The standard InChI is InChI=1S/C14H11ClF3NO2.C12H8F3NO3/c1-3-21-13(20)11-7(2)9-5-4-8(14(16,17)18)6-10(9)19-12(11)15;1-5-7-3-2-6(12(13,14)15)4-8(7)16-10(17)9(5)11(18)19/h4-6H,3H2,1-2H3;2-4H,1H3,(H,16,17)(H,18,19). The first-order valence-electron chi connectivity index (χ1n) is 11.3. The summed E-state index contributed by atoms with van der Waals surface area (Å²) in [7, 11) is 0. The van der Waals surface area contributed by atoms with Crippen LogP contribution in [0, 0.1) is 13.8 Å². The molecule has 0 spiro atoms. The second kappa shape index (κ2) is 11.2. The fourth-order valence-corrected chi connectivity index (χ4v) is 4.22. The molecular formula is C26H19ClF6N2O5. The minimum absolute atomic E-state index is 0.0395. The van der Waals surface area contributed by atoms with Crippen LogP contribution in [0.3, 0.4) is 0 Å². The van der Waals surface area contributed by atoms with Crippen molar-refractivity contribution in [3.05, 3.63) is 85.3 Å². The number of pyridine rings is 2. The number of hydrogen-bond acceptors (Lipinski definition) is 5. The first-order chi connectivity index (χ1) is 18.5. The fourth-order valence-electron chi connectivity index (χ4n) is 3.91. The van der Waals surface area contributed by atoms with Crippen LogP contribution in [0.5, 0.6) is 0 Å². The van der Waals surface area contributed by atoms with Gasteiger partial charge >= 0.3 is 24.3 Å². The lowest BCUT2D eigenvalue weighted by molar-refractivity contribution is -0.138. The van der Waals surface area contributed by atoms with Crippen molar-refractivity contribution < 1.29 is 45.8 Å². The van der Waals surface area contributed by atoms with Gasteiger partial charge < -0.3 is 14.8 Å². The number of nitrogens with zero attached hydrogens (tertiary/aromatic N) is 1. The maximum absolute atomic E-state index is 12.7. The fraction of sp³-hybridized carbons (Fsp3) is 0.231. The number of aromatic nitrogens is 2. The van der Waals surface area contributed by atoms with Gasteiger partial charge in [0.15, 0.2) is 0 Å². The minimum Gasteiger partial charge on any atom is -0.477 e. The number of esters is 1. The summed E-state index contributed by atoms with van der Waals surface area (Å²) >= 11 is 5.91. The molecule has 2 N–H and O–H groups in total. The van der Waals surface area contributed by atoms with Gasteiger partial charge in [0.1, 0.15) is 16.3 Å². The molecule has 212 valence electrons. The predicted octanol–water partition coefficient (Wildman–Crippen LogP) is 6.95. The SMILES string of the molecule is CCOC(=O)c1c(Cl)nc2cc(C(F)(F)F)ccc2c1C.Cc1c(C(=O)O)c(=O)[nH]c2cc(C(F)(F)F)ccc12. The molecule has 0 fully saturated rings. The number of hydrogen-bond donors (Lipinski definition) is 2. The minimum atomic E-state index is -4.52. The van der Waals surface area contributed by atoms with Crippen LogP contribution in [0.4, 0.5) is 26.3 Å². The van der Waals surface area contributed by atoms with Gasteiger partial charge in [-0.1, -0.05) is 23.7 Å². The van der Waals surface area contributed by atoms with Crippen LogP contribution >= 0.6 is 11.6 Å². The molecule has 0 radical (unpaired) electrons. The predicted molar refractivity (Wildman–Crippen MR) is 134 cm³/mol. The molecular weight excluding hydrogens is 570 g/mol. The van der Waals surface area contributed by atoms with Crippen LogP contribution in [0.2, 0.25) is 5.15 Å². The Morgan fingerprint density at radius 1 is 0.925 bits per heavy atom. The average molecular weight is 589 g/mol. The summed E-state index contributed by atoms with van der Waals surface area (Å²) in [5.41, 5.74) is -2.41. The Labute approximate surface area is 226 Å². The number of carboxylic acid groups (broad SMARTS) is 1. The van der Waals surface area contributed by atoms with E-state index in [0.29, 0.717) is 10.9 Å². The van der Waals surface area contributed by atoms with Crippen molar-refractivity contribution in [1.29, 1.82) is 0 Å². The lowest BCUT2D eigenvalue weighted by atomic mass is 10.0. The van der Waals surface area contributed by atoms with E-state index in [1.54, 1.807) is 13.8 Å². The third-order valence-electron chi connectivity index (χ3n) is 5.82. The normalized spacial score (nSPS) is 11.8. The molecule has 0 aliphatic rings. The van der Waals surface area contributed by atoms with E-state index in [-0.39, 0.29) is 39.3 Å². The van der Waals surface area contributed by atoms with E-state index in [1.165, 1.54) is 13.0 Å². The Morgan fingerprint density at radius 3 is 1.98 bits per heavy atom. The Morgan fingerprint density at radius 2 is 1.45 bits per heavy atom. The van der Waals surface area contributed by atoms with Gasteiger partial charge in [-0.25, -0.2) is 14.6 Å². The van der Waals surface area contributed by atoms with E-state index >= 15 is 0 Å². The van der Waals surface area contributed by atoms with Crippen LogP contribution in [-0.2, 0) is 17.1 Å². The van der Waals surface area contributed by atoms with Crippen molar-refractivity contribution in [2.75, 3.05) is 6.61 Å². The molecule has 7 nitrogen and oxygen atoms in total. The number of carbonyl (C=O) groups excluding carboxylic acids is 1. The van der Waals surface area contributed by atoms with E-state index < -0.39 is 46.5 Å². The Bertz CT molecular complexity index is 1700. The first kappa shape index (κ1) is 30.4. The van der Waals surface area contributed by atoms with Crippen LogP contribution in [0.25, 0.3) is 21.8 Å². The van der Waals surface area contributed by atoms with Crippen LogP contribution in [0.15, 0.2) is 41.2 Å². The number of aryl methyl sites for hydroxylation is 2. The first-order valence-corrected chi connectivity index (χ1v) is 11.7. The van der Waals surface area contributed by atoms with Crippen LogP contribution in [-0.4, -0.2) is 33.6 Å². The number of carboxylic acids is 1. The van der Waals surface area contributed by atoms with Gasteiger partial charge in [0.25, 0.3) is 5.56 Å². The molecule has 0 saturated carbocycles. The van der Waals surface area contributed by atoms with E-state index in [4.69, 9.17) is 21.4 Å². The molecule has 4 aromatic rings. The van der Waals surface area contributed by atoms with Crippen LogP contribution in [0.1, 0.15) is 49.9 Å². The summed E-state index contributed by atoms with van der Waals surface area (Å²) in [6.07, 6.45) is -8.99. The molecule has 2 heterocycles. The quantitative estimate of drug-likeness (QED) is 0.152. The second-order valence-electron chi connectivity index (χ2n) is 8.37. The molecule has 0 aliphatic carbocycles. The number of H-pyrrole nitrogens is 1. The highest BCUT2D eigenvalue weighted by molar-refractivity contribution is 6.33. The third kappa shape index (κ3) is 6.19. The zero-order chi connectivity index (χ0) is 30.2. The Hall–Kier alpha value is -4.13. The molecule has 40 heavy (non-hydrogen) atoms. The molecule has 0 atom stereocenters. The Kier molecular flexibility index (Phi) is 8.48. The van der Waals surface area contributed by atoms with Gasteiger partial charge in [0.2, 0.25) is 0 Å². The van der Waals surface area contributed by atoms with Gasteiger partial charge in [-0.15, -0.1) is 0 Å². The molecule has 4 rings (SSSR count). The van der Waals surface area contributed by atoms with E-state index in [1.807, 2.05) is 0 Å². The summed E-state index contributed by atoms with van der Waals surface area (Å²) < 4.78 is 80.6. The monoisotopic (exact) mass is 588 g/mol. The Balaban J connectivity index is 0.000000222. The molecule has 0 bridgehead atoms. The molecule has 0 amide bonds. The maximum Gasteiger partial charge on any atom is 0.416 e. The number of rotatable bonds is 3. The average Bonchev–Trinajstić information content (AvgIpc) is 2.82. The van der Waals surface area contributed by atoms with Gasteiger partial charge in [0, 0.05) is 16.3 Å². The van der Waals surface area contributed by atoms with Gasteiger partial charge in [0.05, 0.1) is 23.3 Å². The number of ether oxygens (including phenoxy) is 1. The van der Waals surface area contributed by atoms with Crippen molar-refractivity contribution >= 4 is 45.3 Å². The highest BCUT2D eigenvalue weighted by Crippen LogP contribution is 2.34. The number of aromatic carboxylic acids is 1. The number of benzene rings is 2.